The van der Waals surface area contributed by atoms with Crippen molar-refractivity contribution in [1.82, 2.24) is 5.48 Å². The molecule has 1 rings (SSSR count). The Morgan fingerprint density at radius 3 is 2.85 bits per heavy atom. The molecule has 0 unspecified atom stereocenters. The lowest BCUT2D eigenvalue weighted by molar-refractivity contribution is 0.191. The summed E-state index contributed by atoms with van der Waals surface area (Å²) in [4.78, 5) is 6.56. The third-order valence-corrected chi connectivity index (χ3v) is 2.38. The van der Waals surface area contributed by atoms with Crippen molar-refractivity contribution in [3.8, 4) is 5.75 Å². The predicted molar refractivity (Wildman–Crippen MR) is 57.1 cm³/mol. The Balaban J connectivity index is 2.54. The van der Waals surface area contributed by atoms with Crippen molar-refractivity contribution in [2.24, 2.45) is 0 Å². The zero-order valence-electron chi connectivity index (χ0n) is 8.04. The molecule has 0 saturated carbocycles. The van der Waals surface area contributed by atoms with E-state index in [4.69, 9.17) is 4.84 Å². The maximum Gasteiger partial charge on any atom is 0.160 e. The molecule has 0 saturated heterocycles. The minimum absolute atomic E-state index is 0.878. The Labute approximate surface area is 83.6 Å². The summed E-state index contributed by atoms with van der Waals surface area (Å²) in [7, 11) is 0. The summed E-state index contributed by atoms with van der Waals surface area (Å²) in [5, 5.41) is 0. The van der Waals surface area contributed by atoms with Gasteiger partial charge >= 0.3 is 0 Å². The summed E-state index contributed by atoms with van der Waals surface area (Å²) < 4.78 is 0. The number of nitrogens with one attached hydrogen (secondary N) is 1. The number of hydrogen-bond acceptors (Lipinski definition) is 3. The van der Waals surface area contributed by atoms with Crippen LogP contribution >= 0.6 is 11.8 Å². The molecule has 0 bridgehead atoms. The number of hydroxylamine groups is 1. The molecule has 2 nitrogen and oxygen atoms in total. The SMILES string of the molecule is CCCNOc1ccccc1SC. The van der Waals surface area contributed by atoms with E-state index in [1.807, 2.05) is 30.5 Å². The largest absolute Gasteiger partial charge is 0.408 e. The first-order valence-corrected chi connectivity index (χ1v) is 5.63. The van der Waals surface area contributed by atoms with E-state index in [0.717, 1.165) is 23.6 Å². The molecule has 1 aromatic rings. The van der Waals surface area contributed by atoms with Gasteiger partial charge in [-0.1, -0.05) is 19.1 Å². The normalized spacial score (nSPS) is 10.0. The van der Waals surface area contributed by atoms with Crippen LogP contribution in [0.3, 0.4) is 0 Å². The van der Waals surface area contributed by atoms with Crippen molar-refractivity contribution < 1.29 is 4.84 Å². The van der Waals surface area contributed by atoms with Crippen LogP contribution in [0.2, 0.25) is 0 Å². The number of rotatable bonds is 5. The van der Waals surface area contributed by atoms with E-state index in [1.54, 1.807) is 11.8 Å². The third-order valence-electron chi connectivity index (χ3n) is 1.60. The highest BCUT2D eigenvalue weighted by Gasteiger charge is 1.99. The van der Waals surface area contributed by atoms with E-state index in [1.165, 1.54) is 0 Å². The topological polar surface area (TPSA) is 21.3 Å². The first-order valence-electron chi connectivity index (χ1n) is 4.41. The van der Waals surface area contributed by atoms with Gasteiger partial charge in [0, 0.05) is 6.54 Å². The highest BCUT2D eigenvalue weighted by atomic mass is 32.2. The van der Waals surface area contributed by atoms with Gasteiger partial charge in [0.1, 0.15) is 0 Å². The fourth-order valence-corrected chi connectivity index (χ4v) is 1.46. The second kappa shape index (κ2) is 5.89. The van der Waals surface area contributed by atoms with Gasteiger partial charge in [0.2, 0.25) is 0 Å². The fraction of sp³-hybridized carbons (Fsp3) is 0.400. The van der Waals surface area contributed by atoms with E-state index in [-0.39, 0.29) is 0 Å². The lowest BCUT2D eigenvalue weighted by Gasteiger charge is -2.08. The van der Waals surface area contributed by atoms with E-state index >= 15 is 0 Å². The third kappa shape index (κ3) is 3.28. The molecule has 0 spiro atoms. The Morgan fingerprint density at radius 2 is 2.15 bits per heavy atom. The van der Waals surface area contributed by atoms with E-state index in [0.29, 0.717) is 0 Å². The lowest BCUT2D eigenvalue weighted by atomic mass is 10.3. The van der Waals surface area contributed by atoms with Crippen LogP contribution in [-0.4, -0.2) is 12.8 Å². The minimum Gasteiger partial charge on any atom is -0.408 e. The molecule has 0 heterocycles. The first-order chi connectivity index (χ1) is 6.38. The molecule has 0 fully saturated rings. The molecular formula is C10H15NOS. The molecule has 1 N–H and O–H groups in total. The Bertz CT molecular complexity index is 252. The zero-order chi connectivity index (χ0) is 9.52. The highest BCUT2D eigenvalue weighted by molar-refractivity contribution is 7.98. The van der Waals surface area contributed by atoms with Crippen molar-refractivity contribution >= 4 is 11.8 Å². The number of thioether (sulfide) groups is 1. The van der Waals surface area contributed by atoms with Crippen LogP contribution < -0.4 is 10.3 Å². The number of benzene rings is 1. The molecule has 0 radical (unpaired) electrons. The maximum atomic E-state index is 5.40. The quantitative estimate of drug-likeness (QED) is 0.445. The van der Waals surface area contributed by atoms with Gasteiger partial charge in [-0.2, -0.15) is 5.48 Å². The number of hydrogen-bond donors (Lipinski definition) is 1. The van der Waals surface area contributed by atoms with Gasteiger partial charge in [0.25, 0.3) is 0 Å². The molecule has 72 valence electrons. The van der Waals surface area contributed by atoms with Crippen molar-refractivity contribution in [2.45, 2.75) is 18.2 Å². The van der Waals surface area contributed by atoms with Gasteiger partial charge in [0.05, 0.1) is 4.90 Å². The molecule has 1 aromatic carbocycles. The van der Waals surface area contributed by atoms with E-state index in [9.17, 15) is 0 Å². The zero-order valence-corrected chi connectivity index (χ0v) is 8.86. The molecule has 0 atom stereocenters. The monoisotopic (exact) mass is 197 g/mol. The summed E-state index contributed by atoms with van der Waals surface area (Å²) in [5.74, 6) is 0.906. The van der Waals surface area contributed by atoms with Gasteiger partial charge in [-0.15, -0.1) is 11.8 Å². The smallest absolute Gasteiger partial charge is 0.160 e. The van der Waals surface area contributed by atoms with Crippen molar-refractivity contribution in [1.29, 1.82) is 0 Å². The van der Waals surface area contributed by atoms with Gasteiger partial charge in [-0.25, -0.2) is 0 Å². The highest BCUT2D eigenvalue weighted by Crippen LogP contribution is 2.25. The average molecular weight is 197 g/mol. The van der Waals surface area contributed by atoms with E-state index in [2.05, 4.69) is 12.4 Å². The summed E-state index contributed by atoms with van der Waals surface area (Å²) >= 11 is 1.69. The van der Waals surface area contributed by atoms with Gasteiger partial charge in [-0.3, -0.25) is 0 Å². The van der Waals surface area contributed by atoms with Crippen LogP contribution in [0, 0.1) is 0 Å². The maximum absolute atomic E-state index is 5.40. The van der Waals surface area contributed by atoms with Crippen LogP contribution in [0.5, 0.6) is 5.75 Å². The van der Waals surface area contributed by atoms with Gasteiger partial charge in [0.15, 0.2) is 5.75 Å². The summed E-state index contributed by atoms with van der Waals surface area (Å²) in [6.07, 6.45) is 3.11. The molecule has 0 aliphatic carbocycles. The van der Waals surface area contributed by atoms with Gasteiger partial charge < -0.3 is 4.84 Å². The molecule has 0 amide bonds. The predicted octanol–water partition coefficient (Wildman–Crippen LogP) is 2.70. The Kier molecular flexibility index (Phi) is 4.72. The van der Waals surface area contributed by atoms with Crippen molar-refractivity contribution in [3.63, 3.8) is 0 Å². The average Bonchev–Trinajstić information content (AvgIpc) is 2.19. The van der Waals surface area contributed by atoms with Crippen LogP contribution in [-0.2, 0) is 0 Å². The summed E-state index contributed by atoms with van der Waals surface area (Å²) in [6.45, 7) is 2.99. The molecule has 3 heteroatoms. The summed E-state index contributed by atoms with van der Waals surface area (Å²) in [5.41, 5.74) is 2.91. The van der Waals surface area contributed by atoms with Crippen LogP contribution in [0.25, 0.3) is 0 Å². The second-order valence-electron chi connectivity index (χ2n) is 2.65. The van der Waals surface area contributed by atoms with E-state index < -0.39 is 0 Å². The van der Waals surface area contributed by atoms with Crippen LogP contribution in [0.15, 0.2) is 29.2 Å². The molecule has 0 aliphatic heterocycles. The van der Waals surface area contributed by atoms with Gasteiger partial charge in [-0.05, 0) is 24.8 Å². The molecular weight excluding hydrogens is 182 g/mol. The molecule has 0 aromatic heterocycles. The first kappa shape index (κ1) is 10.4. The van der Waals surface area contributed by atoms with Crippen LogP contribution in [0.4, 0.5) is 0 Å². The molecule has 0 aliphatic rings. The standard InChI is InChI=1S/C10H15NOS/c1-3-8-11-12-9-6-4-5-7-10(9)13-2/h4-7,11H,3,8H2,1-2H3. The van der Waals surface area contributed by atoms with Crippen molar-refractivity contribution in [3.05, 3.63) is 24.3 Å². The fourth-order valence-electron chi connectivity index (χ4n) is 0.934. The minimum atomic E-state index is 0.878. The lowest BCUT2D eigenvalue weighted by Crippen LogP contribution is -2.19. The van der Waals surface area contributed by atoms with Crippen molar-refractivity contribution in [2.75, 3.05) is 12.8 Å². The summed E-state index contributed by atoms with van der Waals surface area (Å²) in [6, 6.07) is 8.00. The molecule has 13 heavy (non-hydrogen) atoms. The Morgan fingerprint density at radius 1 is 1.38 bits per heavy atom. The van der Waals surface area contributed by atoms with Crippen LogP contribution in [0.1, 0.15) is 13.3 Å². The Hall–Kier alpha value is -0.670. The number of para-hydroxylation sites is 1. The second-order valence-corrected chi connectivity index (χ2v) is 3.50.